The Morgan fingerprint density at radius 2 is 1.76 bits per heavy atom. The predicted octanol–water partition coefficient (Wildman–Crippen LogP) is 4.72. The van der Waals surface area contributed by atoms with Crippen LogP contribution in [0.5, 0.6) is 0 Å². The Morgan fingerprint density at radius 3 is 2.33 bits per heavy atom. The summed E-state index contributed by atoms with van der Waals surface area (Å²) in [6.45, 7) is 8.60. The average molecular weight is 280 g/mol. The first-order valence-corrected chi connectivity index (χ1v) is 7.56. The summed E-state index contributed by atoms with van der Waals surface area (Å²) >= 11 is 0. The smallest absolute Gasteiger partial charge is 0.131 e. The lowest BCUT2D eigenvalue weighted by molar-refractivity contribution is 0.862. The van der Waals surface area contributed by atoms with Crippen LogP contribution in [0.2, 0.25) is 0 Å². The minimum atomic E-state index is 0.432. The Kier molecular flexibility index (Phi) is 4.79. The highest BCUT2D eigenvalue weighted by molar-refractivity contribution is 5.99. The zero-order valence-corrected chi connectivity index (χ0v) is 13.4. The molecule has 0 aliphatic carbocycles. The van der Waals surface area contributed by atoms with Crippen molar-refractivity contribution >= 4 is 11.5 Å². The molecule has 110 valence electrons. The molecule has 0 amide bonds. The number of hydrogen-bond donors (Lipinski definition) is 1. The van der Waals surface area contributed by atoms with Gasteiger partial charge in [0, 0.05) is 5.56 Å². The van der Waals surface area contributed by atoms with Crippen LogP contribution in [0.3, 0.4) is 0 Å². The van der Waals surface area contributed by atoms with Gasteiger partial charge < -0.3 is 5.73 Å². The van der Waals surface area contributed by atoms with Crippen LogP contribution < -0.4 is 5.73 Å². The van der Waals surface area contributed by atoms with Crippen LogP contribution >= 0.6 is 0 Å². The molecule has 0 heterocycles. The van der Waals surface area contributed by atoms with Crippen molar-refractivity contribution in [2.24, 2.45) is 10.7 Å². The second-order valence-electron chi connectivity index (χ2n) is 5.73. The third-order valence-corrected chi connectivity index (χ3v) is 3.73. The van der Waals surface area contributed by atoms with Gasteiger partial charge >= 0.3 is 0 Å². The number of nitrogens with two attached hydrogens (primary N) is 1. The third-order valence-electron chi connectivity index (χ3n) is 3.73. The van der Waals surface area contributed by atoms with E-state index >= 15 is 0 Å². The fourth-order valence-electron chi connectivity index (χ4n) is 2.41. The third kappa shape index (κ3) is 3.52. The van der Waals surface area contributed by atoms with Gasteiger partial charge in [-0.2, -0.15) is 0 Å². The first-order chi connectivity index (χ1) is 10.0. The van der Waals surface area contributed by atoms with E-state index in [1.807, 2.05) is 12.1 Å². The van der Waals surface area contributed by atoms with E-state index in [0.29, 0.717) is 11.8 Å². The minimum Gasteiger partial charge on any atom is -0.383 e. The summed E-state index contributed by atoms with van der Waals surface area (Å²) in [6, 6.07) is 14.6. The van der Waals surface area contributed by atoms with Crippen molar-refractivity contribution in [1.29, 1.82) is 0 Å². The van der Waals surface area contributed by atoms with Gasteiger partial charge in [-0.1, -0.05) is 68.8 Å². The maximum atomic E-state index is 6.22. The largest absolute Gasteiger partial charge is 0.383 e. The Hall–Kier alpha value is -2.09. The molecule has 2 N–H and O–H groups in total. The SMILES string of the molecule is CCc1cccc(C(C)C)c1/N=C(/N)c1ccc(C)cc1. The Bertz CT molecular complexity index is 637. The van der Waals surface area contributed by atoms with Crippen LogP contribution in [0.25, 0.3) is 0 Å². The van der Waals surface area contributed by atoms with Crippen molar-refractivity contribution < 1.29 is 0 Å². The molecule has 0 atom stereocenters. The molecule has 2 aromatic carbocycles. The maximum Gasteiger partial charge on any atom is 0.131 e. The summed E-state index contributed by atoms with van der Waals surface area (Å²) in [5.74, 6) is 1.01. The topological polar surface area (TPSA) is 38.4 Å². The van der Waals surface area contributed by atoms with Gasteiger partial charge in [0.25, 0.3) is 0 Å². The zero-order chi connectivity index (χ0) is 15.4. The molecule has 0 aromatic heterocycles. The first kappa shape index (κ1) is 15.3. The molecule has 0 radical (unpaired) electrons. The maximum absolute atomic E-state index is 6.22. The number of amidine groups is 1. The number of rotatable bonds is 4. The summed E-state index contributed by atoms with van der Waals surface area (Å²) in [5, 5.41) is 0. The Labute approximate surface area is 127 Å². The minimum absolute atomic E-state index is 0.432. The lowest BCUT2D eigenvalue weighted by Crippen LogP contribution is -2.13. The summed E-state index contributed by atoms with van der Waals surface area (Å²) in [4.78, 5) is 4.75. The molecule has 0 aliphatic rings. The van der Waals surface area contributed by atoms with Crippen LogP contribution in [-0.4, -0.2) is 5.84 Å². The second-order valence-corrected chi connectivity index (χ2v) is 5.73. The van der Waals surface area contributed by atoms with E-state index in [4.69, 9.17) is 10.7 Å². The summed E-state index contributed by atoms with van der Waals surface area (Å²) in [7, 11) is 0. The quantitative estimate of drug-likeness (QED) is 0.639. The highest BCUT2D eigenvalue weighted by atomic mass is 14.9. The molecule has 0 fully saturated rings. The van der Waals surface area contributed by atoms with Crippen molar-refractivity contribution in [3.8, 4) is 0 Å². The van der Waals surface area contributed by atoms with Gasteiger partial charge in [0.05, 0.1) is 5.69 Å². The summed E-state index contributed by atoms with van der Waals surface area (Å²) in [6.07, 6.45) is 0.959. The van der Waals surface area contributed by atoms with E-state index in [0.717, 1.165) is 17.7 Å². The lowest BCUT2D eigenvalue weighted by atomic mass is 9.97. The molecule has 2 aromatic rings. The van der Waals surface area contributed by atoms with Crippen LogP contribution in [0.4, 0.5) is 5.69 Å². The molecule has 0 spiro atoms. The molecular formula is C19H24N2. The van der Waals surface area contributed by atoms with E-state index in [1.54, 1.807) is 0 Å². The van der Waals surface area contributed by atoms with E-state index < -0.39 is 0 Å². The molecule has 0 saturated heterocycles. The van der Waals surface area contributed by atoms with Gasteiger partial charge in [-0.3, -0.25) is 0 Å². The lowest BCUT2D eigenvalue weighted by Gasteiger charge is -2.14. The molecule has 0 aliphatic heterocycles. The fourth-order valence-corrected chi connectivity index (χ4v) is 2.41. The van der Waals surface area contributed by atoms with Gasteiger partial charge in [0.1, 0.15) is 5.84 Å². The highest BCUT2D eigenvalue weighted by Gasteiger charge is 2.10. The van der Waals surface area contributed by atoms with Crippen molar-refractivity contribution in [2.75, 3.05) is 0 Å². The van der Waals surface area contributed by atoms with Crippen LogP contribution in [0.1, 0.15) is 48.9 Å². The molecule has 2 nitrogen and oxygen atoms in total. The van der Waals surface area contributed by atoms with E-state index in [9.17, 15) is 0 Å². The van der Waals surface area contributed by atoms with Gasteiger partial charge in [-0.25, -0.2) is 4.99 Å². The standard InChI is InChI=1S/C19H24N2/c1-5-15-7-6-8-17(13(2)3)18(15)21-19(20)16-11-9-14(4)10-12-16/h6-13H,5H2,1-4H3,(H2,20,21). The second kappa shape index (κ2) is 6.57. The number of hydrogen-bond acceptors (Lipinski definition) is 1. The monoisotopic (exact) mass is 280 g/mol. The fraction of sp³-hybridized carbons (Fsp3) is 0.316. The predicted molar refractivity (Wildman–Crippen MR) is 91.5 cm³/mol. The van der Waals surface area contributed by atoms with Gasteiger partial charge in [0.15, 0.2) is 0 Å². The number of nitrogens with zero attached hydrogens (tertiary/aromatic N) is 1. The number of benzene rings is 2. The molecule has 0 bridgehead atoms. The molecule has 2 heteroatoms. The van der Waals surface area contributed by atoms with Crippen molar-refractivity contribution in [3.05, 3.63) is 64.7 Å². The van der Waals surface area contributed by atoms with Crippen LogP contribution in [-0.2, 0) is 6.42 Å². The van der Waals surface area contributed by atoms with Crippen molar-refractivity contribution in [3.63, 3.8) is 0 Å². The molecule has 2 rings (SSSR count). The number of aryl methyl sites for hydroxylation is 2. The Balaban J connectivity index is 2.50. The van der Waals surface area contributed by atoms with Crippen molar-refractivity contribution in [2.45, 2.75) is 40.0 Å². The van der Waals surface area contributed by atoms with E-state index in [-0.39, 0.29) is 0 Å². The normalized spacial score (nSPS) is 12.0. The van der Waals surface area contributed by atoms with Crippen LogP contribution in [0.15, 0.2) is 47.5 Å². The molecule has 0 unspecified atom stereocenters. The van der Waals surface area contributed by atoms with Gasteiger partial charge in [0.2, 0.25) is 0 Å². The molecule has 0 saturated carbocycles. The number of para-hydroxylation sites is 1. The van der Waals surface area contributed by atoms with Crippen molar-refractivity contribution in [1.82, 2.24) is 0 Å². The zero-order valence-electron chi connectivity index (χ0n) is 13.4. The van der Waals surface area contributed by atoms with Gasteiger partial charge in [-0.05, 0) is 30.4 Å². The van der Waals surface area contributed by atoms with Crippen LogP contribution in [0, 0.1) is 6.92 Å². The molecular weight excluding hydrogens is 256 g/mol. The Morgan fingerprint density at radius 1 is 1.10 bits per heavy atom. The number of aliphatic imine (C=N–C) groups is 1. The summed E-state index contributed by atoms with van der Waals surface area (Å²) in [5.41, 5.74) is 12.0. The summed E-state index contributed by atoms with van der Waals surface area (Å²) < 4.78 is 0. The molecule has 21 heavy (non-hydrogen) atoms. The van der Waals surface area contributed by atoms with E-state index in [2.05, 4.69) is 58.0 Å². The average Bonchev–Trinajstić information content (AvgIpc) is 2.47. The first-order valence-electron chi connectivity index (χ1n) is 7.56. The van der Waals surface area contributed by atoms with E-state index in [1.165, 1.54) is 16.7 Å². The highest BCUT2D eigenvalue weighted by Crippen LogP contribution is 2.31. The van der Waals surface area contributed by atoms with Gasteiger partial charge in [-0.15, -0.1) is 0 Å².